The van der Waals surface area contributed by atoms with Crippen LogP contribution in [0.3, 0.4) is 0 Å². The Balaban J connectivity index is 2.32. The Bertz CT molecular complexity index is 740. The van der Waals surface area contributed by atoms with Gasteiger partial charge < -0.3 is 14.2 Å². The van der Waals surface area contributed by atoms with Gasteiger partial charge in [-0.1, -0.05) is 23.4 Å². The maximum absolute atomic E-state index is 11.1. The zero-order valence-corrected chi connectivity index (χ0v) is 9.62. The molecule has 0 spiro atoms. The van der Waals surface area contributed by atoms with Crippen molar-refractivity contribution in [3.63, 3.8) is 0 Å². The lowest BCUT2D eigenvalue weighted by Gasteiger charge is -1.95. The van der Waals surface area contributed by atoms with Gasteiger partial charge in [0, 0.05) is 29.7 Å². The summed E-state index contributed by atoms with van der Waals surface area (Å²) in [4.78, 5) is 11.1. The second-order valence-electron chi connectivity index (χ2n) is 4.05. The minimum atomic E-state index is -1.04. The highest BCUT2D eigenvalue weighted by molar-refractivity contribution is 6.01. The van der Waals surface area contributed by atoms with Crippen LogP contribution in [0.5, 0.6) is 0 Å². The average Bonchev–Trinajstić information content (AvgIpc) is 2.95. The van der Waals surface area contributed by atoms with Gasteiger partial charge in [-0.3, -0.25) is 0 Å². The number of hydrogen-bond acceptors (Lipinski definition) is 3. The Kier molecular flexibility index (Phi) is 2.19. The third kappa shape index (κ3) is 1.41. The number of nitrogens with zero attached hydrogens (tertiary/aromatic N) is 2. The Morgan fingerprint density at radius 1 is 1.39 bits per heavy atom. The van der Waals surface area contributed by atoms with Gasteiger partial charge in [0.25, 0.3) is 0 Å². The van der Waals surface area contributed by atoms with E-state index in [1.165, 1.54) is 0 Å². The predicted molar refractivity (Wildman–Crippen MR) is 65.4 cm³/mol. The molecule has 0 radical (unpaired) electrons. The quantitative estimate of drug-likeness (QED) is 0.749. The highest BCUT2D eigenvalue weighted by Crippen LogP contribution is 2.31. The molecule has 0 saturated heterocycles. The fourth-order valence-electron chi connectivity index (χ4n) is 2.11. The van der Waals surface area contributed by atoms with Crippen LogP contribution < -0.4 is 0 Å². The van der Waals surface area contributed by atoms with E-state index >= 15 is 0 Å². The van der Waals surface area contributed by atoms with Crippen LogP contribution in [0.4, 0.5) is 0 Å². The third-order valence-electron chi connectivity index (χ3n) is 2.95. The normalized spacial score (nSPS) is 10.9. The van der Waals surface area contributed by atoms with Gasteiger partial charge in [-0.25, -0.2) is 4.79 Å². The van der Waals surface area contributed by atoms with E-state index in [-0.39, 0.29) is 5.56 Å². The second kappa shape index (κ2) is 3.73. The lowest BCUT2D eigenvalue weighted by atomic mass is 10.1. The lowest BCUT2D eigenvalue weighted by molar-refractivity contribution is 0.0697. The van der Waals surface area contributed by atoms with Crippen LogP contribution in [-0.2, 0) is 7.05 Å². The summed E-state index contributed by atoms with van der Waals surface area (Å²) in [5.74, 6) is -1.04. The zero-order chi connectivity index (χ0) is 12.7. The molecule has 0 aliphatic carbocycles. The number of aromatic carboxylic acids is 1. The third-order valence-corrected chi connectivity index (χ3v) is 2.95. The molecule has 1 N–H and O–H groups in total. The molecule has 3 aromatic rings. The van der Waals surface area contributed by atoms with Crippen LogP contribution in [0.1, 0.15) is 10.4 Å². The van der Waals surface area contributed by atoms with E-state index in [2.05, 4.69) is 5.16 Å². The highest BCUT2D eigenvalue weighted by Gasteiger charge is 2.19. The summed E-state index contributed by atoms with van der Waals surface area (Å²) < 4.78 is 6.71. The molecule has 0 atom stereocenters. The average molecular weight is 242 g/mol. The second-order valence-corrected chi connectivity index (χ2v) is 4.05. The van der Waals surface area contributed by atoms with Crippen molar-refractivity contribution in [3.8, 4) is 11.3 Å². The zero-order valence-electron chi connectivity index (χ0n) is 9.62. The number of carbonyl (C=O) groups is 1. The summed E-state index contributed by atoms with van der Waals surface area (Å²) in [6.45, 7) is 0. The van der Waals surface area contributed by atoms with E-state index in [9.17, 15) is 4.79 Å². The first-order valence-electron chi connectivity index (χ1n) is 5.40. The van der Waals surface area contributed by atoms with Gasteiger partial charge in [0.15, 0.2) is 0 Å². The first-order valence-corrected chi connectivity index (χ1v) is 5.40. The van der Waals surface area contributed by atoms with Crippen molar-refractivity contribution < 1.29 is 14.4 Å². The van der Waals surface area contributed by atoms with Crippen LogP contribution in [-0.4, -0.2) is 20.8 Å². The fraction of sp³-hybridized carbons (Fsp3) is 0.0769. The fourth-order valence-corrected chi connectivity index (χ4v) is 2.11. The topological polar surface area (TPSA) is 68.3 Å². The summed E-state index contributed by atoms with van der Waals surface area (Å²) in [7, 11) is 1.91. The van der Waals surface area contributed by atoms with Crippen molar-refractivity contribution in [1.82, 2.24) is 9.72 Å². The van der Waals surface area contributed by atoms with Crippen LogP contribution in [0.25, 0.3) is 22.2 Å². The molecule has 0 aliphatic rings. The number of para-hydroxylation sites is 1. The number of hydrogen-bond donors (Lipinski definition) is 1. The largest absolute Gasteiger partial charge is 0.477 e. The van der Waals surface area contributed by atoms with Crippen LogP contribution in [0, 0.1) is 0 Å². The number of carboxylic acids is 1. The minimum absolute atomic E-state index is 0.0753. The summed E-state index contributed by atoms with van der Waals surface area (Å²) in [5.41, 5.74) is 2.22. The van der Waals surface area contributed by atoms with Gasteiger partial charge in [0.05, 0.1) is 0 Å². The van der Waals surface area contributed by atoms with Crippen molar-refractivity contribution in [2.45, 2.75) is 0 Å². The maximum atomic E-state index is 11.1. The Morgan fingerprint density at radius 3 is 2.94 bits per heavy atom. The molecule has 0 aliphatic heterocycles. The molecular formula is C13H10N2O3. The number of carboxylic acid groups (broad SMARTS) is 1. The molecule has 90 valence electrons. The van der Waals surface area contributed by atoms with Crippen LogP contribution >= 0.6 is 0 Å². The smallest absolute Gasteiger partial charge is 0.341 e. The molecule has 0 fully saturated rings. The summed E-state index contributed by atoms with van der Waals surface area (Å²) in [6, 6.07) is 7.75. The molecule has 18 heavy (non-hydrogen) atoms. The summed E-state index contributed by atoms with van der Waals surface area (Å²) in [5, 5.41) is 13.8. The number of benzene rings is 1. The Hall–Kier alpha value is -2.56. The lowest BCUT2D eigenvalue weighted by Crippen LogP contribution is -1.96. The van der Waals surface area contributed by atoms with Crippen molar-refractivity contribution >= 4 is 16.9 Å². The van der Waals surface area contributed by atoms with Gasteiger partial charge in [-0.05, 0) is 6.07 Å². The molecule has 0 amide bonds. The first kappa shape index (κ1) is 10.6. The van der Waals surface area contributed by atoms with E-state index < -0.39 is 5.97 Å². The molecule has 0 bridgehead atoms. The van der Waals surface area contributed by atoms with E-state index in [0.717, 1.165) is 22.7 Å². The van der Waals surface area contributed by atoms with E-state index in [0.29, 0.717) is 5.69 Å². The monoisotopic (exact) mass is 242 g/mol. The van der Waals surface area contributed by atoms with Crippen molar-refractivity contribution in [1.29, 1.82) is 0 Å². The molecule has 0 unspecified atom stereocenters. The minimum Gasteiger partial charge on any atom is -0.477 e. The highest BCUT2D eigenvalue weighted by atomic mass is 16.5. The van der Waals surface area contributed by atoms with Crippen molar-refractivity contribution in [2.75, 3.05) is 0 Å². The van der Waals surface area contributed by atoms with Gasteiger partial charge >= 0.3 is 5.97 Å². The molecule has 1 aromatic carbocycles. The van der Waals surface area contributed by atoms with Crippen LogP contribution in [0.2, 0.25) is 0 Å². The molecule has 0 saturated carbocycles. The Morgan fingerprint density at radius 2 is 2.17 bits per heavy atom. The number of fused-ring (bicyclic) bond motifs is 1. The SMILES string of the molecule is Cn1cc(-c2nocc2C(=O)O)c2ccccc21. The number of rotatable bonds is 2. The molecular weight excluding hydrogens is 232 g/mol. The summed E-state index contributed by atoms with van der Waals surface area (Å²) in [6.07, 6.45) is 3.01. The number of aryl methyl sites for hydroxylation is 1. The number of aromatic nitrogens is 2. The Labute approximate surface area is 102 Å². The van der Waals surface area contributed by atoms with Gasteiger partial charge in [0.1, 0.15) is 17.5 Å². The van der Waals surface area contributed by atoms with Gasteiger partial charge in [0.2, 0.25) is 0 Å². The molecule has 5 heteroatoms. The van der Waals surface area contributed by atoms with Crippen LogP contribution in [0.15, 0.2) is 41.2 Å². The van der Waals surface area contributed by atoms with Gasteiger partial charge in [-0.2, -0.15) is 0 Å². The van der Waals surface area contributed by atoms with E-state index in [1.807, 2.05) is 42.1 Å². The molecule has 5 nitrogen and oxygen atoms in total. The summed E-state index contributed by atoms with van der Waals surface area (Å²) >= 11 is 0. The van der Waals surface area contributed by atoms with E-state index in [4.69, 9.17) is 9.63 Å². The molecule has 3 rings (SSSR count). The van der Waals surface area contributed by atoms with Crippen molar-refractivity contribution in [3.05, 3.63) is 42.3 Å². The first-order chi connectivity index (χ1) is 8.68. The van der Waals surface area contributed by atoms with Crippen molar-refractivity contribution in [2.24, 2.45) is 7.05 Å². The standard InChI is InChI=1S/C13H10N2O3/c1-15-6-9(8-4-2-3-5-11(8)15)12-10(13(16)17)7-18-14-12/h2-7H,1H3,(H,16,17). The van der Waals surface area contributed by atoms with Gasteiger partial charge in [-0.15, -0.1) is 0 Å². The molecule has 2 heterocycles. The maximum Gasteiger partial charge on any atom is 0.341 e. The van der Waals surface area contributed by atoms with E-state index in [1.54, 1.807) is 0 Å². The predicted octanol–water partition coefficient (Wildman–Crippen LogP) is 2.53. The molecule has 2 aromatic heterocycles.